The fraction of sp³-hybridized carbons (Fsp3) is 0.125. The Kier molecular flexibility index (Phi) is 9.38. The van der Waals surface area contributed by atoms with E-state index in [2.05, 4.69) is 166 Å². The van der Waals surface area contributed by atoms with Crippen molar-refractivity contribution in [2.24, 2.45) is 0 Å². The number of allylic oxidation sites excluding steroid dienone is 11. The number of nitrogens with zero attached hydrogens (tertiary/aromatic N) is 2. The van der Waals surface area contributed by atoms with Gasteiger partial charge in [0.05, 0.1) is 22.9 Å². The molecule has 2 nitrogen and oxygen atoms in total. The van der Waals surface area contributed by atoms with E-state index in [0.717, 1.165) is 58.7 Å². The molecule has 2 heterocycles. The van der Waals surface area contributed by atoms with Gasteiger partial charge in [0.2, 0.25) is 0 Å². The smallest absolute Gasteiger partial charge is 0.0979 e. The fourth-order valence-corrected chi connectivity index (χ4v) is 8.56. The average Bonchev–Trinajstić information content (AvgIpc) is 3.32. The normalized spacial score (nSPS) is 13.6. The third-order valence-electron chi connectivity index (χ3n) is 9.70. The first-order valence-electron chi connectivity index (χ1n) is 17.9. The molecule has 0 fully saturated rings. The van der Waals surface area contributed by atoms with Crippen molar-refractivity contribution in [2.45, 2.75) is 39.5 Å². The molecule has 5 aromatic carbocycles. The van der Waals surface area contributed by atoms with Crippen LogP contribution < -0.4 is 0 Å². The van der Waals surface area contributed by atoms with Gasteiger partial charge in [-0.1, -0.05) is 134 Å². The standard InChI is InChI=1S/C48H40N2S/c1-3-5-6-9-20-34-29-42(48-43(30-34)37(4-2)45(51-48)28-16-21-33-18-10-7-8-11-19-33)35-22-17-23-36(31-35)44-32-49-46-40-26-14-12-24-38(40)39-25-13-15-27-41(39)47(46)50-44/h3,5-7,9-19,22-32H,4,8,20-21H2,1-2H3/b5-3-,9-6-,28-16-. The summed E-state index contributed by atoms with van der Waals surface area (Å²) >= 11 is 1.91. The van der Waals surface area contributed by atoms with E-state index < -0.39 is 0 Å². The van der Waals surface area contributed by atoms with Crippen molar-refractivity contribution in [3.8, 4) is 22.4 Å². The summed E-state index contributed by atoms with van der Waals surface area (Å²) in [4.78, 5) is 11.7. The molecule has 248 valence electrons. The molecule has 1 aliphatic rings. The Balaban J connectivity index is 1.24. The van der Waals surface area contributed by atoms with Crippen LogP contribution in [0.1, 0.15) is 42.7 Å². The number of aromatic nitrogens is 2. The van der Waals surface area contributed by atoms with Crippen molar-refractivity contribution in [2.75, 3.05) is 0 Å². The Hall–Kier alpha value is -5.64. The predicted molar refractivity (Wildman–Crippen MR) is 222 cm³/mol. The van der Waals surface area contributed by atoms with Gasteiger partial charge in [-0.15, -0.1) is 11.3 Å². The number of hydrogen-bond donors (Lipinski definition) is 0. The second-order valence-corrected chi connectivity index (χ2v) is 14.1. The lowest BCUT2D eigenvalue weighted by Gasteiger charge is -2.12. The van der Waals surface area contributed by atoms with Crippen molar-refractivity contribution in [1.82, 2.24) is 9.97 Å². The fourth-order valence-electron chi connectivity index (χ4n) is 7.22. The molecule has 0 spiro atoms. The first kappa shape index (κ1) is 32.6. The van der Waals surface area contributed by atoms with Crippen molar-refractivity contribution >= 4 is 60.1 Å². The SMILES string of the molecule is C/C=C\C=C/Cc1cc(-c2cccc(-c3cnc4c5ccccc5c5ccccc5c4n3)c2)c2sc(/C=C\CC3=CC=CCC=C3)c(CC)c2c1. The largest absolute Gasteiger partial charge is 0.252 e. The highest BCUT2D eigenvalue weighted by Gasteiger charge is 2.17. The molecule has 51 heavy (non-hydrogen) atoms. The number of hydrogen-bond acceptors (Lipinski definition) is 3. The Morgan fingerprint density at radius 3 is 2.33 bits per heavy atom. The molecular formula is C48H40N2S. The summed E-state index contributed by atoms with van der Waals surface area (Å²) in [6.07, 6.45) is 30.0. The molecule has 0 saturated carbocycles. The number of fused-ring (bicyclic) bond motifs is 7. The van der Waals surface area contributed by atoms with Gasteiger partial charge in [-0.3, -0.25) is 4.98 Å². The van der Waals surface area contributed by atoms with Gasteiger partial charge in [-0.05, 0) is 101 Å². The maximum Gasteiger partial charge on any atom is 0.0979 e. The molecular weight excluding hydrogens is 637 g/mol. The zero-order chi connectivity index (χ0) is 34.6. The van der Waals surface area contributed by atoms with Gasteiger partial charge in [0.15, 0.2) is 0 Å². The maximum absolute atomic E-state index is 5.31. The minimum absolute atomic E-state index is 0.877. The van der Waals surface area contributed by atoms with Gasteiger partial charge in [0.1, 0.15) is 0 Å². The molecule has 0 N–H and O–H groups in total. The van der Waals surface area contributed by atoms with Crippen LogP contribution in [0.3, 0.4) is 0 Å². The molecule has 7 aromatic rings. The molecule has 0 aliphatic heterocycles. The lowest BCUT2D eigenvalue weighted by atomic mass is 9.95. The van der Waals surface area contributed by atoms with Gasteiger partial charge in [-0.2, -0.15) is 0 Å². The van der Waals surface area contributed by atoms with Gasteiger partial charge in [0.25, 0.3) is 0 Å². The minimum Gasteiger partial charge on any atom is -0.252 e. The summed E-state index contributed by atoms with van der Waals surface area (Å²) < 4.78 is 1.34. The van der Waals surface area contributed by atoms with Crippen molar-refractivity contribution < 1.29 is 0 Å². The Morgan fingerprint density at radius 2 is 1.53 bits per heavy atom. The van der Waals surface area contributed by atoms with E-state index in [1.165, 1.54) is 53.6 Å². The van der Waals surface area contributed by atoms with E-state index in [9.17, 15) is 0 Å². The molecule has 0 saturated heterocycles. The highest BCUT2D eigenvalue weighted by molar-refractivity contribution is 7.20. The monoisotopic (exact) mass is 676 g/mol. The predicted octanol–water partition coefficient (Wildman–Crippen LogP) is 13.6. The van der Waals surface area contributed by atoms with Crippen LogP contribution >= 0.6 is 11.3 Å². The van der Waals surface area contributed by atoms with Crippen molar-refractivity contribution in [3.63, 3.8) is 0 Å². The molecule has 8 rings (SSSR count). The van der Waals surface area contributed by atoms with E-state index in [1.54, 1.807) is 0 Å². The van der Waals surface area contributed by atoms with Crippen molar-refractivity contribution in [1.29, 1.82) is 0 Å². The summed E-state index contributed by atoms with van der Waals surface area (Å²) in [6, 6.07) is 30.8. The van der Waals surface area contributed by atoms with Gasteiger partial charge >= 0.3 is 0 Å². The lowest BCUT2D eigenvalue weighted by Crippen LogP contribution is -1.93. The van der Waals surface area contributed by atoms with Gasteiger partial charge in [-0.25, -0.2) is 4.98 Å². The zero-order valence-corrected chi connectivity index (χ0v) is 30.0. The first-order valence-corrected chi connectivity index (χ1v) is 18.8. The van der Waals surface area contributed by atoms with Crippen LogP contribution in [0, 0.1) is 0 Å². The Labute approximate surface area is 304 Å². The highest BCUT2D eigenvalue weighted by Crippen LogP contribution is 2.42. The molecule has 0 bridgehead atoms. The molecule has 0 unspecified atom stereocenters. The van der Waals surface area contributed by atoms with Crippen molar-refractivity contribution in [3.05, 3.63) is 173 Å². The third-order valence-corrected chi connectivity index (χ3v) is 10.9. The van der Waals surface area contributed by atoms with E-state index >= 15 is 0 Å². The average molecular weight is 677 g/mol. The van der Waals surface area contributed by atoms with E-state index in [0.29, 0.717) is 0 Å². The summed E-state index contributed by atoms with van der Waals surface area (Å²) in [7, 11) is 0. The third kappa shape index (κ3) is 6.54. The van der Waals surface area contributed by atoms with Crippen LogP contribution in [-0.4, -0.2) is 9.97 Å². The summed E-state index contributed by atoms with van der Waals surface area (Å²) in [5.74, 6) is 0. The summed E-state index contributed by atoms with van der Waals surface area (Å²) in [5, 5.41) is 6.04. The number of benzene rings is 5. The van der Waals surface area contributed by atoms with Crippen LogP contribution in [0.5, 0.6) is 0 Å². The van der Waals surface area contributed by atoms with Crippen LogP contribution in [0.4, 0.5) is 0 Å². The second kappa shape index (κ2) is 14.7. The van der Waals surface area contributed by atoms with Gasteiger partial charge in [0, 0.05) is 25.9 Å². The molecule has 0 atom stereocenters. The molecule has 2 aromatic heterocycles. The second-order valence-electron chi connectivity index (χ2n) is 13.0. The van der Waals surface area contributed by atoms with Crippen LogP contribution in [0.15, 0.2) is 157 Å². The molecule has 3 heteroatoms. The Bertz CT molecular complexity index is 2570. The summed E-state index contributed by atoms with van der Waals surface area (Å²) in [6.45, 7) is 4.34. The van der Waals surface area contributed by atoms with Crippen LogP contribution in [0.25, 0.3) is 71.1 Å². The molecule has 0 radical (unpaired) electrons. The highest BCUT2D eigenvalue weighted by atomic mass is 32.1. The topological polar surface area (TPSA) is 25.8 Å². The molecule has 0 amide bonds. The van der Waals surface area contributed by atoms with E-state index in [1.807, 2.05) is 17.5 Å². The van der Waals surface area contributed by atoms with Gasteiger partial charge < -0.3 is 0 Å². The maximum atomic E-state index is 5.31. The first-order chi connectivity index (χ1) is 25.2. The van der Waals surface area contributed by atoms with Crippen LogP contribution in [-0.2, 0) is 12.8 Å². The zero-order valence-electron chi connectivity index (χ0n) is 29.1. The summed E-state index contributed by atoms with van der Waals surface area (Å²) in [5.41, 5.74) is 10.4. The quantitative estimate of drug-likeness (QED) is 0.112. The Morgan fingerprint density at radius 1 is 0.745 bits per heavy atom. The molecule has 1 aliphatic carbocycles. The van der Waals surface area contributed by atoms with Crippen LogP contribution in [0.2, 0.25) is 0 Å². The number of aryl methyl sites for hydroxylation is 1. The number of rotatable bonds is 9. The van der Waals surface area contributed by atoms with E-state index in [4.69, 9.17) is 9.97 Å². The minimum atomic E-state index is 0.877. The van der Waals surface area contributed by atoms with E-state index in [-0.39, 0.29) is 0 Å². The lowest BCUT2D eigenvalue weighted by molar-refractivity contribution is 1.16. The number of thiophene rings is 1.